The molecule has 3 atom stereocenters. The van der Waals surface area contributed by atoms with Crippen molar-refractivity contribution < 1.29 is 13.6 Å². The highest BCUT2D eigenvalue weighted by Gasteiger charge is 2.42. The third kappa shape index (κ3) is 2.49. The fraction of sp³-hybridized carbons (Fsp3) is 0.600. The molecule has 0 spiro atoms. The number of fused-ring (bicyclic) bond motifs is 1. The Morgan fingerprint density at radius 2 is 2.33 bits per heavy atom. The fourth-order valence-electron chi connectivity index (χ4n) is 3.49. The summed E-state index contributed by atoms with van der Waals surface area (Å²) in [6.45, 7) is 4.38. The molecule has 0 radical (unpaired) electrons. The predicted molar refractivity (Wildman–Crippen MR) is 73.7 cm³/mol. The Balaban J connectivity index is 1.55. The average Bonchev–Trinajstić information content (AvgIpc) is 3.18. The molecule has 2 aromatic heterocycles. The quantitative estimate of drug-likeness (QED) is 0.862. The van der Waals surface area contributed by atoms with Crippen molar-refractivity contribution in [2.24, 2.45) is 0 Å². The summed E-state index contributed by atoms with van der Waals surface area (Å²) in [4.78, 5) is 2.43. The van der Waals surface area contributed by atoms with E-state index in [1.165, 1.54) is 0 Å². The number of likely N-dealkylation sites (tertiary alicyclic amines) is 1. The molecular weight excluding hydrogens is 270 g/mol. The van der Waals surface area contributed by atoms with Crippen molar-refractivity contribution in [3.8, 4) is 0 Å². The van der Waals surface area contributed by atoms with Crippen LogP contribution in [0.4, 0.5) is 0 Å². The van der Waals surface area contributed by atoms with Gasteiger partial charge >= 0.3 is 0 Å². The first-order valence-corrected chi connectivity index (χ1v) is 7.47. The van der Waals surface area contributed by atoms with Crippen LogP contribution in [-0.2, 0) is 11.3 Å². The van der Waals surface area contributed by atoms with E-state index >= 15 is 0 Å². The van der Waals surface area contributed by atoms with Crippen LogP contribution in [-0.4, -0.2) is 40.4 Å². The lowest BCUT2D eigenvalue weighted by Gasteiger charge is -2.39. The SMILES string of the molecule is Cc1nnc([C@@H]2C[C@H]3OCC[C@H]3N(Cc3ccco3)C2)o1. The topological polar surface area (TPSA) is 64.5 Å². The maximum Gasteiger partial charge on any atom is 0.220 e. The summed E-state index contributed by atoms with van der Waals surface area (Å²) in [6.07, 6.45) is 4.02. The van der Waals surface area contributed by atoms with E-state index < -0.39 is 0 Å². The Morgan fingerprint density at radius 3 is 3.10 bits per heavy atom. The average molecular weight is 289 g/mol. The lowest BCUT2D eigenvalue weighted by atomic mass is 9.90. The highest BCUT2D eigenvalue weighted by Crippen LogP contribution is 2.36. The molecule has 2 fully saturated rings. The van der Waals surface area contributed by atoms with Gasteiger partial charge in [0.15, 0.2) is 0 Å². The molecule has 0 unspecified atom stereocenters. The van der Waals surface area contributed by atoms with Crippen LogP contribution in [0, 0.1) is 6.92 Å². The Bertz CT molecular complexity index is 595. The van der Waals surface area contributed by atoms with Gasteiger partial charge in [0, 0.05) is 26.1 Å². The second kappa shape index (κ2) is 5.27. The molecule has 0 aromatic carbocycles. The van der Waals surface area contributed by atoms with Gasteiger partial charge in [-0.1, -0.05) is 0 Å². The molecule has 4 heterocycles. The molecule has 2 aliphatic heterocycles. The molecule has 2 saturated heterocycles. The highest BCUT2D eigenvalue weighted by atomic mass is 16.5. The van der Waals surface area contributed by atoms with Gasteiger partial charge in [-0.3, -0.25) is 4.90 Å². The lowest BCUT2D eigenvalue weighted by molar-refractivity contribution is 0.00677. The summed E-state index contributed by atoms with van der Waals surface area (Å²) in [5, 5.41) is 8.15. The van der Waals surface area contributed by atoms with Crippen LogP contribution in [0.25, 0.3) is 0 Å². The van der Waals surface area contributed by atoms with Crippen LogP contribution in [0.2, 0.25) is 0 Å². The molecule has 0 N–H and O–H groups in total. The zero-order chi connectivity index (χ0) is 14.2. The number of hydrogen-bond donors (Lipinski definition) is 0. The summed E-state index contributed by atoms with van der Waals surface area (Å²) in [6, 6.07) is 4.42. The Kier molecular flexibility index (Phi) is 3.27. The van der Waals surface area contributed by atoms with Gasteiger partial charge in [-0.05, 0) is 25.0 Å². The number of rotatable bonds is 3. The number of nitrogens with zero attached hydrogens (tertiary/aromatic N) is 3. The molecule has 0 bridgehead atoms. The number of piperidine rings is 1. The molecule has 112 valence electrons. The Morgan fingerprint density at radius 1 is 1.38 bits per heavy atom. The molecule has 2 aromatic rings. The van der Waals surface area contributed by atoms with Crippen LogP contribution in [0.3, 0.4) is 0 Å². The minimum Gasteiger partial charge on any atom is -0.468 e. The van der Waals surface area contributed by atoms with Crippen LogP contribution in [0.15, 0.2) is 27.2 Å². The Labute approximate surface area is 123 Å². The van der Waals surface area contributed by atoms with Crippen molar-refractivity contribution in [1.29, 1.82) is 0 Å². The van der Waals surface area contributed by atoms with Crippen LogP contribution in [0.1, 0.15) is 36.3 Å². The minimum atomic E-state index is 0.237. The summed E-state index contributed by atoms with van der Waals surface area (Å²) in [7, 11) is 0. The van der Waals surface area contributed by atoms with Gasteiger partial charge in [-0.15, -0.1) is 10.2 Å². The number of ether oxygens (including phenoxy) is 1. The molecule has 0 amide bonds. The van der Waals surface area contributed by atoms with Gasteiger partial charge in [-0.2, -0.15) is 0 Å². The first kappa shape index (κ1) is 13.0. The summed E-state index contributed by atoms with van der Waals surface area (Å²) >= 11 is 0. The van der Waals surface area contributed by atoms with Crippen LogP contribution >= 0.6 is 0 Å². The zero-order valence-electron chi connectivity index (χ0n) is 12.1. The normalized spacial score (nSPS) is 29.7. The fourth-order valence-corrected chi connectivity index (χ4v) is 3.49. The van der Waals surface area contributed by atoms with E-state index in [1.807, 2.05) is 19.1 Å². The zero-order valence-corrected chi connectivity index (χ0v) is 12.1. The van der Waals surface area contributed by atoms with Crippen molar-refractivity contribution >= 4 is 0 Å². The largest absolute Gasteiger partial charge is 0.468 e. The third-order valence-corrected chi connectivity index (χ3v) is 4.45. The van der Waals surface area contributed by atoms with Crippen molar-refractivity contribution in [1.82, 2.24) is 15.1 Å². The van der Waals surface area contributed by atoms with Crippen molar-refractivity contribution in [3.63, 3.8) is 0 Å². The van der Waals surface area contributed by atoms with Gasteiger partial charge in [-0.25, -0.2) is 0 Å². The smallest absolute Gasteiger partial charge is 0.220 e. The van der Waals surface area contributed by atoms with Gasteiger partial charge < -0.3 is 13.6 Å². The molecule has 21 heavy (non-hydrogen) atoms. The van der Waals surface area contributed by atoms with E-state index in [0.717, 1.165) is 44.2 Å². The maximum atomic E-state index is 5.90. The molecule has 6 nitrogen and oxygen atoms in total. The van der Waals surface area contributed by atoms with E-state index in [0.29, 0.717) is 11.9 Å². The van der Waals surface area contributed by atoms with Crippen molar-refractivity contribution in [3.05, 3.63) is 35.9 Å². The predicted octanol–water partition coefficient (Wildman–Crippen LogP) is 2.12. The molecule has 0 aliphatic carbocycles. The number of aromatic nitrogens is 2. The summed E-state index contributed by atoms with van der Waals surface area (Å²) in [5.74, 6) is 2.58. The Hall–Kier alpha value is -1.66. The number of hydrogen-bond acceptors (Lipinski definition) is 6. The minimum absolute atomic E-state index is 0.237. The first-order chi connectivity index (χ1) is 10.3. The van der Waals surface area contributed by atoms with Gasteiger partial charge in [0.2, 0.25) is 11.8 Å². The van der Waals surface area contributed by atoms with E-state index in [9.17, 15) is 0 Å². The second-order valence-corrected chi connectivity index (χ2v) is 5.87. The van der Waals surface area contributed by atoms with Crippen LogP contribution < -0.4 is 0 Å². The molecule has 2 aliphatic rings. The van der Waals surface area contributed by atoms with Crippen molar-refractivity contribution in [2.75, 3.05) is 13.2 Å². The second-order valence-electron chi connectivity index (χ2n) is 5.87. The third-order valence-electron chi connectivity index (χ3n) is 4.45. The van der Waals surface area contributed by atoms with E-state index in [2.05, 4.69) is 15.1 Å². The highest BCUT2D eigenvalue weighted by molar-refractivity contribution is 5.05. The van der Waals surface area contributed by atoms with Gasteiger partial charge in [0.25, 0.3) is 0 Å². The van der Waals surface area contributed by atoms with E-state index in [4.69, 9.17) is 13.6 Å². The molecule has 0 saturated carbocycles. The monoisotopic (exact) mass is 289 g/mol. The maximum absolute atomic E-state index is 5.90. The van der Waals surface area contributed by atoms with E-state index in [-0.39, 0.29) is 12.0 Å². The van der Waals surface area contributed by atoms with Crippen LogP contribution in [0.5, 0.6) is 0 Å². The first-order valence-electron chi connectivity index (χ1n) is 7.47. The molecular formula is C15H19N3O3. The van der Waals surface area contributed by atoms with Crippen molar-refractivity contribution in [2.45, 2.75) is 44.4 Å². The standard InChI is InChI=1S/C15H19N3O3/c1-10-16-17-15(21-10)11-7-14-13(4-6-20-14)18(8-11)9-12-3-2-5-19-12/h2-3,5,11,13-14H,4,6-9H2,1H3/t11-,13-,14-/m1/s1. The van der Waals surface area contributed by atoms with Gasteiger partial charge in [0.05, 0.1) is 24.8 Å². The lowest BCUT2D eigenvalue weighted by Crippen LogP contribution is -2.48. The summed E-state index contributed by atoms with van der Waals surface area (Å²) < 4.78 is 17.0. The summed E-state index contributed by atoms with van der Waals surface area (Å²) in [5.41, 5.74) is 0. The number of furan rings is 1. The van der Waals surface area contributed by atoms with E-state index in [1.54, 1.807) is 6.26 Å². The molecule has 4 rings (SSSR count). The van der Waals surface area contributed by atoms with Gasteiger partial charge in [0.1, 0.15) is 5.76 Å². The molecule has 6 heteroatoms. The number of aryl methyl sites for hydroxylation is 1.